The van der Waals surface area contributed by atoms with Crippen LogP contribution >= 0.6 is 0 Å². The minimum Gasteiger partial charge on any atom is -0.370 e. The lowest BCUT2D eigenvalue weighted by molar-refractivity contribution is -0.135. The van der Waals surface area contributed by atoms with Gasteiger partial charge in [-0.2, -0.15) is 0 Å². The fourth-order valence-electron chi connectivity index (χ4n) is 3.57. The molecule has 6 heteroatoms. The van der Waals surface area contributed by atoms with Gasteiger partial charge in [0.25, 0.3) is 0 Å². The van der Waals surface area contributed by atoms with Crippen molar-refractivity contribution in [2.75, 3.05) is 42.9 Å². The molecule has 2 fully saturated rings. The van der Waals surface area contributed by atoms with Gasteiger partial charge >= 0.3 is 0 Å². The summed E-state index contributed by atoms with van der Waals surface area (Å²) in [6, 6.07) is 2.00. The maximum atomic E-state index is 12.5. The van der Waals surface area contributed by atoms with E-state index in [0.717, 1.165) is 63.0 Å². The van der Waals surface area contributed by atoms with Gasteiger partial charge in [0.05, 0.1) is 0 Å². The average Bonchev–Trinajstić information content (AvgIpc) is 3.08. The highest BCUT2D eigenvalue weighted by molar-refractivity contribution is 5.79. The van der Waals surface area contributed by atoms with Gasteiger partial charge in [0.1, 0.15) is 17.5 Å². The summed E-state index contributed by atoms with van der Waals surface area (Å²) in [5.74, 6) is 3.27. The van der Waals surface area contributed by atoms with E-state index in [1.165, 1.54) is 12.8 Å². The largest absolute Gasteiger partial charge is 0.370 e. The van der Waals surface area contributed by atoms with Gasteiger partial charge in [0.2, 0.25) is 5.91 Å². The Bertz CT molecular complexity index is 548. The Hall–Kier alpha value is -1.85. The number of amides is 1. The van der Waals surface area contributed by atoms with E-state index >= 15 is 0 Å². The smallest absolute Gasteiger partial charge is 0.225 e. The van der Waals surface area contributed by atoms with Crippen molar-refractivity contribution in [1.29, 1.82) is 0 Å². The zero-order valence-corrected chi connectivity index (χ0v) is 14.2. The first-order valence-corrected chi connectivity index (χ1v) is 8.80. The monoisotopic (exact) mass is 317 g/mol. The van der Waals surface area contributed by atoms with Crippen LogP contribution in [0.3, 0.4) is 0 Å². The van der Waals surface area contributed by atoms with E-state index in [-0.39, 0.29) is 5.92 Å². The molecule has 1 saturated heterocycles. The molecule has 1 N–H and O–H groups in total. The summed E-state index contributed by atoms with van der Waals surface area (Å²) in [5, 5.41) is 3.25. The van der Waals surface area contributed by atoms with Gasteiger partial charge in [0.15, 0.2) is 0 Å². The highest BCUT2D eigenvalue weighted by Gasteiger charge is 2.29. The molecule has 0 bridgehead atoms. The summed E-state index contributed by atoms with van der Waals surface area (Å²) >= 11 is 0. The number of carbonyl (C=O) groups excluding carboxylic acids is 1. The van der Waals surface area contributed by atoms with Crippen LogP contribution in [0, 0.1) is 12.8 Å². The van der Waals surface area contributed by atoms with Gasteiger partial charge in [0, 0.05) is 44.7 Å². The van der Waals surface area contributed by atoms with Crippen molar-refractivity contribution in [1.82, 2.24) is 14.9 Å². The van der Waals surface area contributed by atoms with E-state index in [1.54, 1.807) is 0 Å². The van der Waals surface area contributed by atoms with Gasteiger partial charge in [-0.05, 0) is 26.7 Å². The molecule has 1 aliphatic carbocycles. The van der Waals surface area contributed by atoms with Crippen LogP contribution in [0.5, 0.6) is 0 Å². The van der Waals surface area contributed by atoms with Crippen molar-refractivity contribution < 1.29 is 4.79 Å². The number of aromatic nitrogens is 2. The molecular formula is C17H27N5O. The quantitative estimate of drug-likeness (QED) is 0.921. The predicted molar refractivity (Wildman–Crippen MR) is 91.7 cm³/mol. The lowest BCUT2D eigenvalue weighted by atomic mass is 10.1. The molecule has 1 saturated carbocycles. The highest BCUT2D eigenvalue weighted by Crippen LogP contribution is 2.27. The van der Waals surface area contributed by atoms with Crippen molar-refractivity contribution in [2.45, 2.75) is 39.5 Å². The van der Waals surface area contributed by atoms with Crippen LogP contribution in [-0.4, -0.2) is 53.5 Å². The summed E-state index contributed by atoms with van der Waals surface area (Å²) in [7, 11) is 0. The summed E-state index contributed by atoms with van der Waals surface area (Å²) in [6.45, 7) is 8.12. The Morgan fingerprint density at radius 2 is 1.91 bits per heavy atom. The minimum atomic E-state index is 0.281. The first kappa shape index (κ1) is 16.0. The molecule has 23 heavy (non-hydrogen) atoms. The lowest BCUT2D eigenvalue weighted by Crippen LogP contribution is -2.50. The Balaban J connectivity index is 1.61. The zero-order chi connectivity index (χ0) is 16.2. The maximum Gasteiger partial charge on any atom is 0.225 e. The number of hydrogen-bond acceptors (Lipinski definition) is 5. The number of nitrogens with one attached hydrogen (secondary N) is 1. The molecular weight excluding hydrogens is 290 g/mol. The van der Waals surface area contributed by atoms with Crippen LogP contribution in [0.1, 0.15) is 38.4 Å². The van der Waals surface area contributed by atoms with Crippen molar-refractivity contribution in [3.63, 3.8) is 0 Å². The third kappa shape index (κ3) is 3.74. The second-order valence-electron chi connectivity index (χ2n) is 6.48. The van der Waals surface area contributed by atoms with E-state index in [4.69, 9.17) is 0 Å². The van der Waals surface area contributed by atoms with E-state index in [9.17, 15) is 4.79 Å². The molecule has 0 unspecified atom stereocenters. The van der Waals surface area contributed by atoms with Crippen molar-refractivity contribution in [3.05, 3.63) is 11.9 Å². The van der Waals surface area contributed by atoms with Crippen LogP contribution in [0.2, 0.25) is 0 Å². The minimum absolute atomic E-state index is 0.281. The van der Waals surface area contributed by atoms with Gasteiger partial charge in [-0.1, -0.05) is 12.8 Å². The Kier molecular flexibility index (Phi) is 4.98. The van der Waals surface area contributed by atoms with Crippen LogP contribution in [0.25, 0.3) is 0 Å². The molecule has 0 spiro atoms. The molecule has 0 aromatic carbocycles. The van der Waals surface area contributed by atoms with Crippen LogP contribution in [-0.2, 0) is 4.79 Å². The average molecular weight is 317 g/mol. The van der Waals surface area contributed by atoms with Crippen molar-refractivity contribution in [2.24, 2.45) is 5.92 Å². The molecule has 126 valence electrons. The molecule has 0 atom stereocenters. The van der Waals surface area contributed by atoms with Crippen molar-refractivity contribution in [3.8, 4) is 0 Å². The fraction of sp³-hybridized carbons (Fsp3) is 0.706. The number of nitrogens with zero attached hydrogens (tertiary/aromatic N) is 4. The molecule has 6 nitrogen and oxygen atoms in total. The summed E-state index contributed by atoms with van der Waals surface area (Å²) in [6.07, 6.45) is 4.58. The molecule has 2 heterocycles. The Morgan fingerprint density at radius 1 is 1.22 bits per heavy atom. The summed E-state index contributed by atoms with van der Waals surface area (Å²) in [4.78, 5) is 25.8. The number of anilines is 2. The molecule has 1 aromatic heterocycles. The fourth-order valence-corrected chi connectivity index (χ4v) is 3.57. The second-order valence-corrected chi connectivity index (χ2v) is 6.48. The standard InChI is InChI=1S/C17H27N5O/c1-3-18-15-12-16(20-13(2)19-15)21-8-10-22(11-9-21)17(23)14-6-4-5-7-14/h12,14H,3-11H2,1-2H3,(H,18,19,20). The number of carbonyl (C=O) groups is 1. The SMILES string of the molecule is CCNc1cc(N2CCN(C(=O)C3CCCC3)CC2)nc(C)n1. The first-order valence-electron chi connectivity index (χ1n) is 8.80. The summed E-state index contributed by atoms with van der Waals surface area (Å²) < 4.78 is 0. The molecule has 1 amide bonds. The van der Waals surface area contributed by atoms with Crippen LogP contribution < -0.4 is 10.2 Å². The van der Waals surface area contributed by atoms with Gasteiger partial charge < -0.3 is 15.1 Å². The molecule has 2 aliphatic rings. The topological polar surface area (TPSA) is 61.4 Å². The van der Waals surface area contributed by atoms with E-state index < -0.39 is 0 Å². The molecule has 0 radical (unpaired) electrons. The Morgan fingerprint density at radius 3 is 2.57 bits per heavy atom. The number of hydrogen-bond donors (Lipinski definition) is 1. The third-order valence-electron chi connectivity index (χ3n) is 4.80. The van der Waals surface area contributed by atoms with E-state index in [2.05, 4.69) is 27.1 Å². The van der Waals surface area contributed by atoms with Crippen LogP contribution in [0.4, 0.5) is 11.6 Å². The molecule has 1 aromatic rings. The number of aryl methyl sites for hydroxylation is 1. The van der Waals surface area contributed by atoms with Gasteiger partial charge in [-0.15, -0.1) is 0 Å². The maximum absolute atomic E-state index is 12.5. The second kappa shape index (κ2) is 7.15. The van der Waals surface area contributed by atoms with E-state index in [1.807, 2.05) is 17.9 Å². The van der Waals surface area contributed by atoms with E-state index in [0.29, 0.717) is 5.91 Å². The molecule has 3 rings (SSSR count). The third-order valence-corrected chi connectivity index (χ3v) is 4.80. The van der Waals surface area contributed by atoms with Crippen molar-refractivity contribution >= 4 is 17.5 Å². The normalized spacial score (nSPS) is 19.2. The Labute approximate surface area is 138 Å². The molecule has 1 aliphatic heterocycles. The highest BCUT2D eigenvalue weighted by atomic mass is 16.2. The lowest BCUT2D eigenvalue weighted by Gasteiger charge is -2.36. The van der Waals surface area contributed by atoms with Gasteiger partial charge in [-0.3, -0.25) is 4.79 Å². The number of rotatable bonds is 4. The first-order chi connectivity index (χ1) is 11.2. The van der Waals surface area contributed by atoms with Gasteiger partial charge in [-0.25, -0.2) is 9.97 Å². The van der Waals surface area contributed by atoms with Crippen LogP contribution in [0.15, 0.2) is 6.07 Å². The number of piperazine rings is 1. The predicted octanol–water partition coefficient (Wildman–Crippen LogP) is 2.06. The summed E-state index contributed by atoms with van der Waals surface area (Å²) in [5.41, 5.74) is 0. The zero-order valence-electron chi connectivity index (χ0n) is 14.2.